The van der Waals surface area contributed by atoms with Crippen molar-refractivity contribution in [3.8, 4) is 0 Å². The molecule has 0 saturated heterocycles. The van der Waals surface area contributed by atoms with Gasteiger partial charge in [0.2, 0.25) is 0 Å². The minimum atomic E-state index is 0.270. The quantitative estimate of drug-likeness (QED) is 0.207. The van der Waals surface area contributed by atoms with Crippen molar-refractivity contribution in [1.82, 2.24) is 5.32 Å². The Morgan fingerprint density at radius 3 is 0.963 bits per heavy atom. The smallest absolute Gasteiger partial charge is 0.0130 e. The first-order valence-electron chi connectivity index (χ1n) is 12.6. The van der Waals surface area contributed by atoms with Crippen LogP contribution in [-0.2, 0) is 0 Å². The Labute approximate surface area is 173 Å². The Morgan fingerprint density at radius 1 is 0.407 bits per heavy atom. The Hall–Kier alpha value is -0.0400. The van der Waals surface area contributed by atoms with E-state index in [4.69, 9.17) is 0 Å². The predicted molar refractivity (Wildman–Crippen MR) is 126 cm³/mol. The third kappa shape index (κ3) is 19.1. The Morgan fingerprint density at radius 2 is 0.667 bits per heavy atom. The molecule has 0 heterocycles. The summed E-state index contributed by atoms with van der Waals surface area (Å²) < 4.78 is 0. The van der Waals surface area contributed by atoms with Crippen molar-refractivity contribution >= 4 is 0 Å². The molecule has 0 bridgehead atoms. The Bertz CT molecular complexity index is 275. The SMILES string of the molecule is CCCCCCCCCCC(C)(C)NC(C)(C)CCCCCCCCCC. The van der Waals surface area contributed by atoms with Crippen LogP contribution in [0.4, 0.5) is 0 Å². The number of hydrogen-bond acceptors (Lipinski definition) is 1. The Kier molecular flexibility index (Phi) is 16.8. The molecule has 0 spiro atoms. The molecule has 0 aromatic heterocycles. The van der Waals surface area contributed by atoms with Crippen LogP contribution in [0, 0.1) is 0 Å². The lowest BCUT2D eigenvalue weighted by Gasteiger charge is -2.37. The molecule has 0 atom stereocenters. The maximum atomic E-state index is 3.97. The third-order valence-corrected chi connectivity index (χ3v) is 5.99. The molecule has 0 aliphatic rings. The highest BCUT2D eigenvalue weighted by Crippen LogP contribution is 2.23. The van der Waals surface area contributed by atoms with Gasteiger partial charge >= 0.3 is 0 Å². The average Bonchev–Trinajstić information content (AvgIpc) is 2.58. The topological polar surface area (TPSA) is 12.0 Å². The minimum absolute atomic E-state index is 0.270. The summed E-state index contributed by atoms with van der Waals surface area (Å²) in [5.41, 5.74) is 0.539. The van der Waals surface area contributed by atoms with Crippen LogP contribution in [0.3, 0.4) is 0 Å². The van der Waals surface area contributed by atoms with Gasteiger partial charge in [0.15, 0.2) is 0 Å². The zero-order valence-electron chi connectivity index (χ0n) is 20.2. The fourth-order valence-electron chi connectivity index (χ4n) is 4.44. The van der Waals surface area contributed by atoms with E-state index in [9.17, 15) is 0 Å². The van der Waals surface area contributed by atoms with Crippen molar-refractivity contribution in [2.24, 2.45) is 0 Å². The summed E-state index contributed by atoms with van der Waals surface area (Å²) >= 11 is 0. The highest BCUT2D eigenvalue weighted by molar-refractivity contribution is 4.88. The highest BCUT2D eigenvalue weighted by Gasteiger charge is 2.26. The van der Waals surface area contributed by atoms with Crippen molar-refractivity contribution in [3.05, 3.63) is 0 Å². The van der Waals surface area contributed by atoms with Crippen LogP contribution in [0.1, 0.15) is 157 Å². The van der Waals surface area contributed by atoms with Crippen LogP contribution in [0.25, 0.3) is 0 Å². The summed E-state index contributed by atoms with van der Waals surface area (Å²) in [6, 6.07) is 0. The van der Waals surface area contributed by atoms with Gasteiger partial charge in [0.25, 0.3) is 0 Å². The van der Waals surface area contributed by atoms with E-state index in [2.05, 4.69) is 46.9 Å². The minimum Gasteiger partial charge on any atom is -0.307 e. The van der Waals surface area contributed by atoms with Crippen LogP contribution in [0.15, 0.2) is 0 Å². The molecular weight excluding hydrogens is 326 g/mol. The largest absolute Gasteiger partial charge is 0.307 e. The van der Waals surface area contributed by atoms with Gasteiger partial charge in [0, 0.05) is 11.1 Å². The normalized spacial score (nSPS) is 12.7. The molecule has 0 amide bonds. The first-order chi connectivity index (χ1) is 12.8. The second-order valence-corrected chi connectivity index (χ2v) is 10.3. The summed E-state index contributed by atoms with van der Waals surface area (Å²) in [5.74, 6) is 0. The van der Waals surface area contributed by atoms with E-state index in [1.54, 1.807) is 0 Å². The molecule has 0 aliphatic carbocycles. The van der Waals surface area contributed by atoms with E-state index in [1.165, 1.54) is 116 Å². The van der Waals surface area contributed by atoms with Crippen LogP contribution in [0.2, 0.25) is 0 Å². The van der Waals surface area contributed by atoms with Gasteiger partial charge in [-0.05, 0) is 40.5 Å². The van der Waals surface area contributed by atoms with E-state index >= 15 is 0 Å². The number of rotatable bonds is 20. The molecule has 1 nitrogen and oxygen atoms in total. The summed E-state index contributed by atoms with van der Waals surface area (Å²) in [6.45, 7) is 14.2. The van der Waals surface area contributed by atoms with Gasteiger partial charge in [-0.1, -0.05) is 117 Å². The van der Waals surface area contributed by atoms with Crippen LogP contribution >= 0.6 is 0 Å². The fourth-order valence-corrected chi connectivity index (χ4v) is 4.44. The maximum Gasteiger partial charge on any atom is 0.0130 e. The Balaban J connectivity index is 3.73. The molecule has 1 N–H and O–H groups in total. The van der Waals surface area contributed by atoms with Gasteiger partial charge in [0.1, 0.15) is 0 Å². The standard InChI is InChI=1S/C26H55N/c1-7-9-11-13-15-17-19-21-23-25(3,4)27-26(5,6)24-22-20-18-16-14-12-10-8-2/h27H,7-24H2,1-6H3. The average molecular weight is 382 g/mol. The zero-order chi connectivity index (χ0) is 20.4. The monoisotopic (exact) mass is 381 g/mol. The molecule has 0 unspecified atom stereocenters. The summed E-state index contributed by atoms with van der Waals surface area (Å²) in [6.07, 6.45) is 25.3. The molecule has 0 fully saturated rings. The van der Waals surface area contributed by atoms with Crippen LogP contribution < -0.4 is 5.32 Å². The first-order valence-corrected chi connectivity index (χ1v) is 12.6. The fraction of sp³-hybridized carbons (Fsp3) is 1.00. The molecule has 1 heteroatoms. The number of unbranched alkanes of at least 4 members (excludes halogenated alkanes) is 14. The van der Waals surface area contributed by atoms with Crippen molar-refractivity contribution < 1.29 is 0 Å². The van der Waals surface area contributed by atoms with E-state index in [-0.39, 0.29) is 11.1 Å². The van der Waals surface area contributed by atoms with E-state index in [1.807, 2.05) is 0 Å². The maximum absolute atomic E-state index is 3.97. The molecule has 0 saturated carbocycles. The third-order valence-electron chi connectivity index (χ3n) is 5.99. The predicted octanol–water partition coefficient (Wildman–Crippen LogP) is 9.19. The number of nitrogens with one attached hydrogen (secondary N) is 1. The van der Waals surface area contributed by atoms with Gasteiger partial charge in [-0.15, -0.1) is 0 Å². The second-order valence-electron chi connectivity index (χ2n) is 10.3. The lowest BCUT2D eigenvalue weighted by atomic mass is 9.89. The van der Waals surface area contributed by atoms with Gasteiger partial charge in [-0.2, -0.15) is 0 Å². The lowest BCUT2D eigenvalue weighted by molar-refractivity contribution is 0.230. The number of hydrogen-bond donors (Lipinski definition) is 1. The molecule has 0 aromatic rings. The van der Waals surface area contributed by atoms with Gasteiger partial charge in [-0.3, -0.25) is 0 Å². The van der Waals surface area contributed by atoms with Crippen LogP contribution in [-0.4, -0.2) is 11.1 Å². The van der Waals surface area contributed by atoms with Crippen molar-refractivity contribution in [3.63, 3.8) is 0 Å². The summed E-state index contributed by atoms with van der Waals surface area (Å²) in [4.78, 5) is 0. The van der Waals surface area contributed by atoms with Gasteiger partial charge in [0.05, 0.1) is 0 Å². The molecule has 0 rings (SSSR count). The van der Waals surface area contributed by atoms with E-state index in [0.29, 0.717) is 0 Å². The lowest BCUT2D eigenvalue weighted by Crippen LogP contribution is -2.51. The van der Waals surface area contributed by atoms with Crippen molar-refractivity contribution in [2.75, 3.05) is 0 Å². The molecule has 164 valence electrons. The van der Waals surface area contributed by atoms with Crippen molar-refractivity contribution in [2.45, 2.75) is 168 Å². The molecule has 0 aromatic carbocycles. The van der Waals surface area contributed by atoms with E-state index < -0.39 is 0 Å². The molecular formula is C26H55N. The molecule has 27 heavy (non-hydrogen) atoms. The summed E-state index contributed by atoms with van der Waals surface area (Å²) in [7, 11) is 0. The molecule has 0 radical (unpaired) electrons. The van der Waals surface area contributed by atoms with Gasteiger partial charge in [-0.25, -0.2) is 0 Å². The van der Waals surface area contributed by atoms with Crippen molar-refractivity contribution in [1.29, 1.82) is 0 Å². The van der Waals surface area contributed by atoms with E-state index in [0.717, 1.165) is 0 Å². The summed E-state index contributed by atoms with van der Waals surface area (Å²) in [5, 5.41) is 3.97. The zero-order valence-corrected chi connectivity index (χ0v) is 20.2. The van der Waals surface area contributed by atoms with Gasteiger partial charge < -0.3 is 5.32 Å². The van der Waals surface area contributed by atoms with Crippen LogP contribution in [0.5, 0.6) is 0 Å². The second kappa shape index (κ2) is 16.9. The highest BCUT2D eigenvalue weighted by atomic mass is 15.0. The molecule has 0 aliphatic heterocycles. The first kappa shape index (κ1) is 27.0.